The van der Waals surface area contributed by atoms with Crippen molar-refractivity contribution in [1.82, 2.24) is 15.5 Å². The van der Waals surface area contributed by atoms with Gasteiger partial charge in [0.25, 0.3) is 0 Å². The molecule has 1 unspecified atom stereocenters. The highest BCUT2D eigenvalue weighted by Crippen LogP contribution is 2.10. The monoisotopic (exact) mass is 348 g/mol. The van der Waals surface area contributed by atoms with E-state index in [1.54, 1.807) is 12.1 Å². The van der Waals surface area contributed by atoms with E-state index >= 15 is 0 Å². The minimum Gasteiger partial charge on any atom is -0.508 e. The maximum Gasteiger partial charge on any atom is 0.191 e. The van der Waals surface area contributed by atoms with E-state index in [-0.39, 0.29) is 11.9 Å². The van der Waals surface area contributed by atoms with Gasteiger partial charge in [-0.2, -0.15) is 0 Å². The van der Waals surface area contributed by atoms with Crippen LogP contribution in [0.4, 0.5) is 0 Å². The van der Waals surface area contributed by atoms with Gasteiger partial charge in [0.05, 0.1) is 19.3 Å². The van der Waals surface area contributed by atoms with Crippen LogP contribution in [0.15, 0.2) is 29.3 Å². The molecule has 2 rings (SSSR count). The molecule has 0 radical (unpaired) electrons. The standard InChI is InChI=1S/C19H32N4O2/c1-4-20-19(21-11-16-5-7-17(24)8-6-16)22-12-18-14-23(9-10-25-18)13-15(2)3/h5-8,15,18,24H,4,9-14H2,1-3H3,(H2,20,21,22). The van der Waals surface area contributed by atoms with Crippen molar-refractivity contribution in [1.29, 1.82) is 0 Å². The van der Waals surface area contributed by atoms with Gasteiger partial charge >= 0.3 is 0 Å². The van der Waals surface area contributed by atoms with Gasteiger partial charge in [0.15, 0.2) is 5.96 Å². The van der Waals surface area contributed by atoms with Crippen LogP contribution in [0.25, 0.3) is 0 Å². The average Bonchev–Trinajstić information content (AvgIpc) is 2.58. The summed E-state index contributed by atoms with van der Waals surface area (Å²) >= 11 is 0. The second-order valence-corrected chi connectivity index (χ2v) is 6.89. The molecular weight excluding hydrogens is 316 g/mol. The van der Waals surface area contributed by atoms with Gasteiger partial charge in [-0.1, -0.05) is 26.0 Å². The van der Waals surface area contributed by atoms with Gasteiger partial charge in [-0.25, -0.2) is 4.99 Å². The van der Waals surface area contributed by atoms with Crippen molar-refractivity contribution in [2.45, 2.75) is 33.4 Å². The van der Waals surface area contributed by atoms with Crippen LogP contribution in [0.1, 0.15) is 26.3 Å². The van der Waals surface area contributed by atoms with Crippen LogP contribution in [-0.2, 0) is 11.3 Å². The molecule has 0 aliphatic carbocycles. The molecule has 0 amide bonds. The molecule has 6 nitrogen and oxygen atoms in total. The summed E-state index contributed by atoms with van der Waals surface area (Å²) in [6.07, 6.45) is 0.185. The SMILES string of the molecule is CCNC(=NCc1ccc(O)cc1)NCC1CN(CC(C)C)CCO1. The lowest BCUT2D eigenvalue weighted by molar-refractivity contribution is -0.0284. The first-order chi connectivity index (χ1) is 12.1. The maximum absolute atomic E-state index is 9.34. The molecule has 1 aliphatic heterocycles. The van der Waals surface area contributed by atoms with Crippen molar-refractivity contribution in [3.05, 3.63) is 29.8 Å². The van der Waals surface area contributed by atoms with Gasteiger partial charge in [0.2, 0.25) is 0 Å². The summed E-state index contributed by atoms with van der Waals surface area (Å²) in [6.45, 7) is 12.6. The smallest absolute Gasteiger partial charge is 0.191 e. The number of aromatic hydroxyl groups is 1. The molecular formula is C19H32N4O2. The van der Waals surface area contributed by atoms with Gasteiger partial charge in [-0.15, -0.1) is 0 Å². The minimum atomic E-state index is 0.185. The molecule has 0 saturated carbocycles. The second kappa shape index (κ2) is 10.3. The molecule has 1 heterocycles. The lowest BCUT2D eigenvalue weighted by Gasteiger charge is -2.34. The Hall–Kier alpha value is -1.79. The first kappa shape index (κ1) is 19.5. The Kier molecular flexibility index (Phi) is 8.01. The van der Waals surface area contributed by atoms with Gasteiger partial charge in [0, 0.05) is 32.7 Å². The highest BCUT2D eigenvalue weighted by atomic mass is 16.5. The zero-order valence-electron chi connectivity index (χ0n) is 15.7. The first-order valence-electron chi connectivity index (χ1n) is 9.21. The van der Waals surface area contributed by atoms with Gasteiger partial charge in [0.1, 0.15) is 5.75 Å². The number of ether oxygens (including phenoxy) is 1. The molecule has 1 aliphatic rings. The van der Waals surface area contributed by atoms with Crippen LogP contribution in [-0.4, -0.2) is 61.4 Å². The number of benzene rings is 1. The molecule has 1 atom stereocenters. The van der Waals surface area contributed by atoms with E-state index in [1.807, 2.05) is 12.1 Å². The summed E-state index contributed by atoms with van der Waals surface area (Å²) in [5.74, 6) is 1.74. The number of guanidine groups is 1. The van der Waals surface area contributed by atoms with Gasteiger partial charge < -0.3 is 20.5 Å². The van der Waals surface area contributed by atoms with Crippen molar-refractivity contribution >= 4 is 5.96 Å². The van der Waals surface area contributed by atoms with Crippen LogP contribution >= 0.6 is 0 Å². The molecule has 1 saturated heterocycles. The van der Waals surface area contributed by atoms with E-state index in [0.29, 0.717) is 12.5 Å². The first-order valence-corrected chi connectivity index (χ1v) is 9.21. The Morgan fingerprint density at radius 1 is 1.32 bits per heavy atom. The van der Waals surface area contributed by atoms with Crippen LogP contribution in [0.5, 0.6) is 5.75 Å². The zero-order chi connectivity index (χ0) is 18.1. The maximum atomic E-state index is 9.34. The normalized spacial score (nSPS) is 19.2. The van der Waals surface area contributed by atoms with E-state index < -0.39 is 0 Å². The van der Waals surface area contributed by atoms with Crippen molar-refractivity contribution < 1.29 is 9.84 Å². The summed E-state index contributed by atoms with van der Waals surface area (Å²) in [4.78, 5) is 7.08. The van der Waals surface area contributed by atoms with Crippen molar-refractivity contribution in [2.75, 3.05) is 39.3 Å². The minimum absolute atomic E-state index is 0.185. The van der Waals surface area contributed by atoms with Crippen LogP contribution in [0, 0.1) is 5.92 Å². The average molecular weight is 348 g/mol. The number of nitrogens with zero attached hydrogens (tertiary/aromatic N) is 2. The highest BCUT2D eigenvalue weighted by Gasteiger charge is 2.21. The molecule has 1 aromatic rings. The Balaban J connectivity index is 1.83. The fraction of sp³-hybridized carbons (Fsp3) is 0.632. The molecule has 0 aromatic heterocycles. The molecule has 6 heteroatoms. The molecule has 1 fully saturated rings. The lowest BCUT2D eigenvalue weighted by Crippen LogP contribution is -2.50. The van der Waals surface area contributed by atoms with Crippen LogP contribution in [0.2, 0.25) is 0 Å². The summed E-state index contributed by atoms with van der Waals surface area (Å²) in [7, 11) is 0. The Morgan fingerprint density at radius 2 is 2.08 bits per heavy atom. The largest absolute Gasteiger partial charge is 0.508 e. The van der Waals surface area contributed by atoms with Gasteiger partial charge in [-0.3, -0.25) is 4.90 Å². The third kappa shape index (κ3) is 7.32. The Morgan fingerprint density at radius 3 is 2.76 bits per heavy atom. The fourth-order valence-corrected chi connectivity index (χ4v) is 2.91. The number of phenolic OH excluding ortho intramolecular Hbond substituents is 1. The van der Waals surface area contributed by atoms with Crippen molar-refractivity contribution in [3.63, 3.8) is 0 Å². The topological polar surface area (TPSA) is 69.1 Å². The molecule has 1 aromatic carbocycles. The predicted molar refractivity (Wildman–Crippen MR) is 102 cm³/mol. The predicted octanol–water partition coefficient (Wildman–Crippen LogP) is 1.80. The third-order valence-electron chi connectivity index (χ3n) is 4.04. The quantitative estimate of drug-likeness (QED) is 0.518. The van der Waals surface area contributed by atoms with Gasteiger partial charge in [-0.05, 0) is 30.5 Å². The van der Waals surface area contributed by atoms with E-state index in [1.165, 1.54) is 0 Å². The number of aliphatic imine (C=N–C) groups is 1. The van der Waals surface area contributed by atoms with E-state index in [2.05, 4.69) is 41.3 Å². The second-order valence-electron chi connectivity index (χ2n) is 6.89. The number of hydrogen-bond donors (Lipinski definition) is 3. The molecule has 0 spiro atoms. The van der Waals surface area contributed by atoms with Crippen LogP contribution < -0.4 is 10.6 Å². The Labute approximate surface area is 151 Å². The van der Waals surface area contributed by atoms with E-state index in [0.717, 1.165) is 50.9 Å². The fourth-order valence-electron chi connectivity index (χ4n) is 2.91. The Bertz CT molecular complexity index is 531. The summed E-state index contributed by atoms with van der Waals surface area (Å²) in [5, 5.41) is 16.0. The number of morpholine rings is 1. The number of nitrogens with one attached hydrogen (secondary N) is 2. The number of hydrogen-bond acceptors (Lipinski definition) is 4. The van der Waals surface area contributed by atoms with Crippen molar-refractivity contribution in [2.24, 2.45) is 10.9 Å². The number of phenols is 1. The number of rotatable bonds is 7. The van der Waals surface area contributed by atoms with E-state index in [4.69, 9.17) is 4.74 Å². The lowest BCUT2D eigenvalue weighted by atomic mass is 10.2. The van der Waals surface area contributed by atoms with Crippen LogP contribution in [0.3, 0.4) is 0 Å². The highest BCUT2D eigenvalue weighted by molar-refractivity contribution is 5.79. The van der Waals surface area contributed by atoms with Crippen molar-refractivity contribution in [3.8, 4) is 5.75 Å². The molecule has 3 N–H and O–H groups in total. The third-order valence-corrected chi connectivity index (χ3v) is 4.04. The summed E-state index contributed by atoms with van der Waals surface area (Å²) < 4.78 is 5.88. The zero-order valence-corrected chi connectivity index (χ0v) is 15.7. The summed E-state index contributed by atoms with van der Waals surface area (Å²) in [5.41, 5.74) is 1.06. The van der Waals surface area contributed by atoms with E-state index in [9.17, 15) is 5.11 Å². The molecule has 25 heavy (non-hydrogen) atoms. The molecule has 0 bridgehead atoms. The summed E-state index contributed by atoms with van der Waals surface area (Å²) in [6, 6.07) is 7.14. The molecule has 140 valence electrons.